The van der Waals surface area contributed by atoms with Crippen molar-refractivity contribution in [2.75, 3.05) is 6.54 Å². The third-order valence-corrected chi connectivity index (χ3v) is 1.83. The van der Waals surface area contributed by atoms with E-state index in [1.807, 2.05) is 0 Å². The molecule has 2 atom stereocenters. The Bertz CT molecular complexity index is 170. The van der Waals surface area contributed by atoms with Crippen molar-refractivity contribution >= 4 is 6.03 Å². The molecule has 1 aliphatic rings. The van der Waals surface area contributed by atoms with Crippen molar-refractivity contribution in [3.05, 3.63) is 0 Å². The van der Waals surface area contributed by atoms with Crippen LogP contribution in [0.5, 0.6) is 0 Å². The lowest BCUT2D eigenvalue weighted by atomic mass is 10.2. The average Bonchev–Trinajstić information content (AvgIpc) is 2.62. The molecule has 0 spiro atoms. The number of urea groups is 1. The lowest BCUT2D eigenvalue weighted by molar-refractivity contribution is 0.239. The highest BCUT2D eigenvalue weighted by atomic mass is 16.2. The summed E-state index contributed by atoms with van der Waals surface area (Å²) in [6.07, 6.45) is 0.912. The fraction of sp³-hybridized carbons (Fsp3) is 0.875. The van der Waals surface area contributed by atoms with Gasteiger partial charge in [0.25, 0.3) is 0 Å². The molecular formula is C8H17N3O. The number of carbonyl (C=O) groups excluding carboxylic acids is 1. The zero-order valence-corrected chi connectivity index (χ0v) is 7.63. The third-order valence-electron chi connectivity index (χ3n) is 1.83. The molecule has 0 aromatic carbocycles. The van der Waals surface area contributed by atoms with Gasteiger partial charge in [-0.25, -0.2) is 4.79 Å². The van der Waals surface area contributed by atoms with Crippen LogP contribution in [-0.4, -0.2) is 24.7 Å². The van der Waals surface area contributed by atoms with Crippen LogP contribution in [-0.2, 0) is 0 Å². The molecule has 4 N–H and O–H groups in total. The van der Waals surface area contributed by atoms with Gasteiger partial charge in [0.15, 0.2) is 0 Å². The van der Waals surface area contributed by atoms with E-state index in [0.717, 1.165) is 6.42 Å². The zero-order chi connectivity index (χ0) is 9.14. The largest absolute Gasteiger partial charge is 0.338 e. The molecule has 12 heavy (non-hydrogen) atoms. The van der Waals surface area contributed by atoms with Crippen LogP contribution in [0.2, 0.25) is 0 Å². The molecule has 1 fully saturated rings. The van der Waals surface area contributed by atoms with Crippen LogP contribution < -0.4 is 16.4 Å². The Morgan fingerprint density at radius 1 is 1.67 bits per heavy atom. The summed E-state index contributed by atoms with van der Waals surface area (Å²) >= 11 is 0. The van der Waals surface area contributed by atoms with Crippen molar-refractivity contribution in [1.82, 2.24) is 10.6 Å². The Kier molecular flexibility index (Phi) is 2.92. The Morgan fingerprint density at radius 3 is 2.67 bits per heavy atom. The molecule has 0 saturated heterocycles. The maximum absolute atomic E-state index is 11.1. The van der Waals surface area contributed by atoms with E-state index in [0.29, 0.717) is 12.5 Å². The molecule has 0 aromatic rings. The van der Waals surface area contributed by atoms with Crippen molar-refractivity contribution in [3.63, 3.8) is 0 Å². The maximum Gasteiger partial charge on any atom is 0.315 e. The number of amides is 2. The lowest BCUT2D eigenvalue weighted by Gasteiger charge is -2.08. The van der Waals surface area contributed by atoms with E-state index in [2.05, 4.69) is 24.5 Å². The van der Waals surface area contributed by atoms with E-state index in [-0.39, 0.29) is 18.1 Å². The lowest BCUT2D eigenvalue weighted by Crippen LogP contribution is -2.40. The Hall–Kier alpha value is -0.770. The van der Waals surface area contributed by atoms with E-state index in [9.17, 15) is 4.79 Å². The van der Waals surface area contributed by atoms with Gasteiger partial charge in [0, 0.05) is 18.6 Å². The van der Waals surface area contributed by atoms with Crippen LogP contribution in [0, 0.1) is 5.92 Å². The summed E-state index contributed by atoms with van der Waals surface area (Å²) in [6, 6.07) is 0.286. The Labute approximate surface area is 72.9 Å². The SMILES string of the molecule is CC(C)CNC(=O)NC1CC1N. The van der Waals surface area contributed by atoms with Crippen LogP contribution >= 0.6 is 0 Å². The van der Waals surface area contributed by atoms with Gasteiger partial charge >= 0.3 is 6.03 Å². The summed E-state index contributed by atoms with van der Waals surface area (Å²) in [7, 11) is 0. The van der Waals surface area contributed by atoms with E-state index >= 15 is 0 Å². The molecule has 2 amide bonds. The molecule has 1 rings (SSSR count). The molecule has 0 aliphatic heterocycles. The van der Waals surface area contributed by atoms with Crippen molar-refractivity contribution in [3.8, 4) is 0 Å². The van der Waals surface area contributed by atoms with Crippen LogP contribution in [0.25, 0.3) is 0 Å². The molecule has 2 unspecified atom stereocenters. The van der Waals surface area contributed by atoms with E-state index in [1.165, 1.54) is 0 Å². The summed E-state index contributed by atoms with van der Waals surface area (Å²) < 4.78 is 0. The minimum Gasteiger partial charge on any atom is -0.338 e. The van der Waals surface area contributed by atoms with Gasteiger partial charge in [-0.15, -0.1) is 0 Å². The second-order valence-corrected chi connectivity index (χ2v) is 3.75. The summed E-state index contributed by atoms with van der Waals surface area (Å²) in [5.41, 5.74) is 5.53. The first kappa shape index (κ1) is 9.32. The van der Waals surface area contributed by atoms with Crippen molar-refractivity contribution in [2.24, 2.45) is 11.7 Å². The van der Waals surface area contributed by atoms with Crippen molar-refractivity contribution in [1.29, 1.82) is 0 Å². The number of hydrogen-bond acceptors (Lipinski definition) is 2. The molecular weight excluding hydrogens is 154 g/mol. The minimum absolute atomic E-state index is 0.0957. The summed E-state index contributed by atoms with van der Waals surface area (Å²) in [4.78, 5) is 11.1. The number of rotatable bonds is 3. The predicted octanol–water partition coefficient (Wildman–Crippen LogP) is 0.0412. The average molecular weight is 171 g/mol. The van der Waals surface area contributed by atoms with Crippen LogP contribution in [0.4, 0.5) is 4.79 Å². The van der Waals surface area contributed by atoms with Gasteiger partial charge < -0.3 is 16.4 Å². The number of nitrogens with two attached hydrogens (primary N) is 1. The Morgan fingerprint density at radius 2 is 2.25 bits per heavy atom. The van der Waals surface area contributed by atoms with Crippen molar-refractivity contribution in [2.45, 2.75) is 32.4 Å². The molecule has 4 heteroatoms. The summed E-state index contributed by atoms with van der Waals surface area (Å²) in [5, 5.41) is 5.55. The van der Waals surface area contributed by atoms with Crippen LogP contribution in [0.3, 0.4) is 0 Å². The third kappa shape index (κ3) is 3.09. The van der Waals surface area contributed by atoms with E-state index in [4.69, 9.17) is 5.73 Å². The first-order valence-corrected chi connectivity index (χ1v) is 4.39. The molecule has 1 aliphatic carbocycles. The highest BCUT2D eigenvalue weighted by Gasteiger charge is 2.34. The van der Waals surface area contributed by atoms with Gasteiger partial charge in [0.05, 0.1) is 0 Å². The molecule has 70 valence electrons. The number of carbonyl (C=O) groups is 1. The van der Waals surface area contributed by atoms with Crippen molar-refractivity contribution < 1.29 is 4.79 Å². The normalized spacial score (nSPS) is 27.0. The quantitative estimate of drug-likeness (QED) is 0.561. The number of nitrogens with one attached hydrogen (secondary N) is 2. The molecule has 0 radical (unpaired) electrons. The first-order chi connectivity index (χ1) is 5.59. The van der Waals surface area contributed by atoms with Gasteiger partial charge in [-0.1, -0.05) is 13.8 Å². The molecule has 0 heterocycles. The number of hydrogen-bond donors (Lipinski definition) is 3. The second-order valence-electron chi connectivity index (χ2n) is 3.75. The fourth-order valence-electron chi connectivity index (χ4n) is 0.897. The summed E-state index contributed by atoms with van der Waals surface area (Å²) in [6.45, 7) is 4.83. The van der Waals surface area contributed by atoms with Gasteiger partial charge in [-0.3, -0.25) is 0 Å². The molecule has 0 bridgehead atoms. The van der Waals surface area contributed by atoms with Crippen LogP contribution in [0.15, 0.2) is 0 Å². The minimum atomic E-state index is -0.0957. The highest BCUT2D eigenvalue weighted by Crippen LogP contribution is 2.17. The molecule has 1 saturated carbocycles. The zero-order valence-electron chi connectivity index (χ0n) is 7.63. The smallest absolute Gasteiger partial charge is 0.315 e. The highest BCUT2D eigenvalue weighted by molar-refractivity contribution is 5.74. The molecule has 0 aromatic heterocycles. The maximum atomic E-state index is 11.1. The van der Waals surface area contributed by atoms with Crippen LogP contribution in [0.1, 0.15) is 20.3 Å². The fourth-order valence-corrected chi connectivity index (χ4v) is 0.897. The van der Waals surface area contributed by atoms with Gasteiger partial charge in [-0.2, -0.15) is 0 Å². The molecule has 4 nitrogen and oxygen atoms in total. The second kappa shape index (κ2) is 3.76. The predicted molar refractivity (Wildman–Crippen MR) is 47.8 cm³/mol. The monoisotopic (exact) mass is 171 g/mol. The Balaban J connectivity index is 2.04. The first-order valence-electron chi connectivity index (χ1n) is 4.39. The van der Waals surface area contributed by atoms with Gasteiger partial charge in [0.2, 0.25) is 0 Å². The summed E-state index contributed by atoms with van der Waals surface area (Å²) in [5.74, 6) is 0.489. The standard InChI is InChI=1S/C8H17N3O/c1-5(2)4-10-8(12)11-7-3-6(7)9/h5-7H,3-4,9H2,1-2H3,(H2,10,11,12). The van der Waals surface area contributed by atoms with E-state index < -0.39 is 0 Å². The van der Waals surface area contributed by atoms with Gasteiger partial charge in [0.1, 0.15) is 0 Å². The van der Waals surface area contributed by atoms with Gasteiger partial charge in [-0.05, 0) is 12.3 Å². The van der Waals surface area contributed by atoms with E-state index in [1.54, 1.807) is 0 Å². The topological polar surface area (TPSA) is 67.2 Å².